The van der Waals surface area contributed by atoms with Gasteiger partial charge in [0.2, 0.25) is 5.75 Å². The lowest BCUT2D eigenvalue weighted by molar-refractivity contribution is 0.0943. The number of phenolic OH excluding ortho intramolecular Hbond substituents is 1. The molecule has 33 heavy (non-hydrogen) atoms. The second kappa shape index (κ2) is 9.53. The van der Waals surface area contributed by atoms with Gasteiger partial charge in [0.05, 0.1) is 27.4 Å². The summed E-state index contributed by atoms with van der Waals surface area (Å²) in [4.78, 5) is 13.2. The van der Waals surface area contributed by atoms with Crippen molar-refractivity contribution in [1.82, 2.24) is 5.32 Å². The molecule has 0 aliphatic rings. The van der Waals surface area contributed by atoms with Crippen molar-refractivity contribution >= 4 is 16.7 Å². The van der Waals surface area contributed by atoms with Crippen LogP contribution in [0.15, 0.2) is 78.9 Å². The molecule has 4 rings (SSSR count). The van der Waals surface area contributed by atoms with Gasteiger partial charge in [-0.15, -0.1) is 0 Å². The number of carbonyl (C=O) groups is 1. The predicted molar refractivity (Wildman–Crippen MR) is 127 cm³/mol. The summed E-state index contributed by atoms with van der Waals surface area (Å²) in [5.41, 5.74) is 1.75. The van der Waals surface area contributed by atoms with Gasteiger partial charge < -0.3 is 24.6 Å². The summed E-state index contributed by atoms with van der Waals surface area (Å²) in [6.07, 6.45) is 0. The first-order chi connectivity index (χ1) is 16.1. The predicted octanol–water partition coefficient (Wildman–Crippen LogP) is 5.09. The number of carbonyl (C=O) groups excluding carboxylic acids is 1. The molecule has 0 heterocycles. The molecule has 2 N–H and O–H groups in total. The molecular formula is C27H25NO5. The third kappa shape index (κ3) is 4.28. The largest absolute Gasteiger partial charge is 0.508 e. The summed E-state index contributed by atoms with van der Waals surface area (Å²) in [5, 5.41) is 15.8. The zero-order valence-electron chi connectivity index (χ0n) is 18.7. The fourth-order valence-electron chi connectivity index (χ4n) is 3.98. The molecule has 4 aromatic rings. The van der Waals surface area contributed by atoms with Crippen molar-refractivity contribution in [3.63, 3.8) is 0 Å². The van der Waals surface area contributed by atoms with Crippen LogP contribution >= 0.6 is 0 Å². The minimum atomic E-state index is -0.697. The number of phenols is 1. The van der Waals surface area contributed by atoms with Gasteiger partial charge in [-0.1, -0.05) is 48.5 Å². The van der Waals surface area contributed by atoms with Crippen LogP contribution in [0.2, 0.25) is 0 Å². The van der Waals surface area contributed by atoms with Crippen LogP contribution < -0.4 is 19.5 Å². The van der Waals surface area contributed by atoms with E-state index in [1.165, 1.54) is 21.3 Å². The van der Waals surface area contributed by atoms with Crippen LogP contribution in [0.25, 0.3) is 10.8 Å². The molecule has 168 valence electrons. The number of nitrogens with one attached hydrogen (secondary N) is 1. The zero-order valence-corrected chi connectivity index (χ0v) is 18.7. The number of aromatic hydroxyl groups is 1. The van der Waals surface area contributed by atoms with Gasteiger partial charge in [0, 0.05) is 11.1 Å². The molecule has 0 saturated heterocycles. The van der Waals surface area contributed by atoms with Crippen LogP contribution in [-0.2, 0) is 0 Å². The Bertz CT molecular complexity index is 1260. The Kier molecular flexibility index (Phi) is 6.36. The minimum absolute atomic E-state index is 0.0702. The first-order valence-electron chi connectivity index (χ1n) is 10.4. The molecule has 0 aliphatic heterocycles. The summed E-state index contributed by atoms with van der Waals surface area (Å²) >= 11 is 0. The first-order valence-corrected chi connectivity index (χ1v) is 10.4. The van der Waals surface area contributed by atoms with E-state index in [9.17, 15) is 9.90 Å². The van der Waals surface area contributed by atoms with Crippen LogP contribution in [0.3, 0.4) is 0 Å². The maximum atomic E-state index is 13.2. The molecule has 0 aliphatic carbocycles. The number of hydrogen-bond donors (Lipinski definition) is 2. The van der Waals surface area contributed by atoms with E-state index >= 15 is 0 Å². The number of amides is 1. The molecule has 0 aromatic heterocycles. The second-order valence-corrected chi connectivity index (χ2v) is 7.45. The molecule has 6 heteroatoms. The number of fused-ring (bicyclic) bond motifs is 1. The van der Waals surface area contributed by atoms with E-state index in [0.29, 0.717) is 33.9 Å². The third-order valence-electron chi connectivity index (χ3n) is 5.57. The Hall–Kier alpha value is -4.19. The maximum Gasteiger partial charge on any atom is 0.252 e. The fraction of sp³-hybridized carbons (Fsp3) is 0.148. The van der Waals surface area contributed by atoms with Gasteiger partial charge in [-0.3, -0.25) is 4.79 Å². The molecule has 0 radical (unpaired) electrons. The molecule has 6 nitrogen and oxygen atoms in total. The summed E-state index contributed by atoms with van der Waals surface area (Å²) in [6.45, 7) is 0. The number of rotatable bonds is 7. The topological polar surface area (TPSA) is 77.0 Å². The lowest BCUT2D eigenvalue weighted by Crippen LogP contribution is -2.29. The van der Waals surface area contributed by atoms with Gasteiger partial charge in [-0.2, -0.15) is 0 Å². The molecule has 1 amide bonds. The molecule has 4 aromatic carbocycles. The average molecular weight is 443 g/mol. The quantitative estimate of drug-likeness (QED) is 0.416. The summed E-state index contributed by atoms with van der Waals surface area (Å²) in [6, 6.07) is 23.0. The van der Waals surface area contributed by atoms with E-state index in [2.05, 4.69) is 5.32 Å². The van der Waals surface area contributed by atoms with Crippen molar-refractivity contribution in [2.75, 3.05) is 21.3 Å². The third-order valence-corrected chi connectivity index (χ3v) is 5.57. The van der Waals surface area contributed by atoms with Crippen molar-refractivity contribution in [2.45, 2.75) is 6.04 Å². The molecule has 0 saturated carbocycles. The minimum Gasteiger partial charge on any atom is -0.508 e. The SMILES string of the molecule is COc1cc(C(NC(=O)c2ccccc2)c2c(O)ccc3ccccc23)cc(OC)c1OC. The van der Waals surface area contributed by atoms with E-state index in [0.717, 1.165) is 10.8 Å². The van der Waals surface area contributed by atoms with E-state index in [-0.39, 0.29) is 11.7 Å². The Morgan fingerprint density at radius 1 is 0.818 bits per heavy atom. The van der Waals surface area contributed by atoms with Crippen LogP contribution in [0.1, 0.15) is 27.5 Å². The van der Waals surface area contributed by atoms with E-state index in [1.54, 1.807) is 42.5 Å². The van der Waals surface area contributed by atoms with Crippen LogP contribution in [-0.4, -0.2) is 32.3 Å². The maximum absolute atomic E-state index is 13.2. The molecular weight excluding hydrogens is 418 g/mol. The Labute approximate surface area is 192 Å². The number of ether oxygens (including phenoxy) is 3. The number of benzene rings is 4. The monoisotopic (exact) mass is 443 g/mol. The standard InChI is InChI=1S/C27H25NO5/c1-31-22-15-19(16-23(32-2)26(22)33-3)25(28-27(30)18-10-5-4-6-11-18)24-20-12-8-7-9-17(20)13-14-21(24)29/h4-16,25,29H,1-3H3,(H,28,30). The molecule has 1 unspecified atom stereocenters. The number of methoxy groups -OCH3 is 3. The van der Waals surface area contributed by atoms with Gasteiger partial charge in [0.1, 0.15) is 5.75 Å². The van der Waals surface area contributed by atoms with Gasteiger partial charge in [-0.05, 0) is 46.7 Å². The van der Waals surface area contributed by atoms with Gasteiger partial charge in [0.25, 0.3) is 5.91 Å². The van der Waals surface area contributed by atoms with Crippen molar-refractivity contribution in [3.05, 3.63) is 95.6 Å². The highest BCUT2D eigenvalue weighted by Gasteiger charge is 2.26. The van der Waals surface area contributed by atoms with Gasteiger partial charge in [-0.25, -0.2) is 0 Å². The highest BCUT2D eigenvalue weighted by molar-refractivity contribution is 5.96. The molecule has 0 fully saturated rings. The average Bonchev–Trinajstić information content (AvgIpc) is 2.87. The van der Waals surface area contributed by atoms with Crippen molar-refractivity contribution in [3.8, 4) is 23.0 Å². The second-order valence-electron chi connectivity index (χ2n) is 7.45. The highest BCUT2D eigenvalue weighted by atomic mass is 16.5. The fourth-order valence-corrected chi connectivity index (χ4v) is 3.98. The Balaban J connectivity index is 1.94. The van der Waals surface area contributed by atoms with Crippen LogP contribution in [0.5, 0.6) is 23.0 Å². The Morgan fingerprint density at radius 2 is 1.45 bits per heavy atom. The van der Waals surface area contributed by atoms with Gasteiger partial charge >= 0.3 is 0 Å². The van der Waals surface area contributed by atoms with Crippen molar-refractivity contribution < 1.29 is 24.1 Å². The lowest BCUT2D eigenvalue weighted by atomic mass is 9.92. The van der Waals surface area contributed by atoms with Crippen molar-refractivity contribution in [2.24, 2.45) is 0 Å². The normalized spacial score (nSPS) is 11.6. The number of hydrogen-bond acceptors (Lipinski definition) is 5. The summed E-state index contributed by atoms with van der Waals surface area (Å²) in [7, 11) is 4.60. The van der Waals surface area contributed by atoms with Gasteiger partial charge in [0.15, 0.2) is 11.5 Å². The molecule has 0 bridgehead atoms. The highest BCUT2D eigenvalue weighted by Crippen LogP contribution is 2.43. The lowest BCUT2D eigenvalue weighted by Gasteiger charge is -2.24. The van der Waals surface area contributed by atoms with E-state index in [1.807, 2.05) is 36.4 Å². The first kappa shape index (κ1) is 22.0. The van der Waals surface area contributed by atoms with E-state index < -0.39 is 6.04 Å². The van der Waals surface area contributed by atoms with E-state index in [4.69, 9.17) is 14.2 Å². The molecule has 1 atom stereocenters. The zero-order chi connectivity index (χ0) is 23.4. The van der Waals surface area contributed by atoms with Crippen LogP contribution in [0.4, 0.5) is 0 Å². The smallest absolute Gasteiger partial charge is 0.252 e. The van der Waals surface area contributed by atoms with Crippen molar-refractivity contribution in [1.29, 1.82) is 0 Å². The molecule has 0 spiro atoms. The van der Waals surface area contributed by atoms with Crippen LogP contribution in [0, 0.1) is 0 Å². The Morgan fingerprint density at radius 3 is 2.09 bits per heavy atom. The summed E-state index contributed by atoms with van der Waals surface area (Å²) < 4.78 is 16.5. The summed E-state index contributed by atoms with van der Waals surface area (Å²) in [5.74, 6) is 1.14.